The molecule has 0 aliphatic carbocycles. The molecule has 4 fully saturated rings. The summed E-state index contributed by atoms with van der Waals surface area (Å²) in [5.74, 6) is 0.219. The summed E-state index contributed by atoms with van der Waals surface area (Å²) in [5, 5.41) is 16.5. The van der Waals surface area contributed by atoms with E-state index >= 15 is 4.39 Å². The standard InChI is InChI=1S/C32H33ClFN5O2/c33-26-15-25-29(28(34)27(26)24-14-22(40)13-19-5-1-2-6-23(19)24)36-31(41-18-32-9-3-11-38(32)12-4-10-32)37-30(25)39-20-7-8-21(39)17-35-16-20/h1-2,5-6,13-15,20-21,35,40H,3-4,7-12,16-18H2. The summed E-state index contributed by atoms with van der Waals surface area (Å²) in [4.78, 5) is 14.6. The molecular formula is C32H33ClFN5O2. The first kappa shape index (κ1) is 25.5. The fourth-order valence-corrected chi connectivity index (χ4v) is 8.25. The molecule has 4 saturated heterocycles. The highest BCUT2D eigenvalue weighted by Gasteiger charge is 2.45. The molecule has 41 heavy (non-hydrogen) atoms. The number of aromatic nitrogens is 2. The Bertz CT molecular complexity index is 1660. The molecule has 0 radical (unpaired) electrons. The lowest BCUT2D eigenvalue weighted by Crippen LogP contribution is -2.52. The van der Waals surface area contributed by atoms with E-state index in [0.29, 0.717) is 23.4 Å². The van der Waals surface area contributed by atoms with Crippen LogP contribution in [-0.4, -0.2) is 70.4 Å². The van der Waals surface area contributed by atoms with Gasteiger partial charge < -0.3 is 20.1 Å². The Morgan fingerprint density at radius 1 is 1.02 bits per heavy atom. The fourth-order valence-electron chi connectivity index (χ4n) is 7.95. The van der Waals surface area contributed by atoms with E-state index in [2.05, 4.69) is 15.1 Å². The minimum absolute atomic E-state index is 0.0245. The highest BCUT2D eigenvalue weighted by molar-refractivity contribution is 6.35. The molecule has 2 atom stereocenters. The van der Waals surface area contributed by atoms with Crippen molar-refractivity contribution < 1.29 is 14.2 Å². The number of anilines is 1. The zero-order valence-corrected chi connectivity index (χ0v) is 23.6. The molecule has 1 aromatic heterocycles. The van der Waals surface area contributed by atoms with Crippen LogP contribution in [0.15, 0.2) is 42.5 Å². The number of aromatic hydroxyl groups is 1. The Hall–Kier alpha value is -3.20. The number of hydrogen-bond acceptors (Lipinski definition) is 7. The van der Waals surface area contributed by atoms with E-state index in [0.717, 1.165) is 62.6 Å². The molecule has 212 valence electrons. The highest BCUT2D eigenvalue weighted by atomic mass is 35.5. The largest absolute Gasteiger partial charge is 0.508 e. The summed E-state index contributed by atoms with van der Waals surface area (Å²) in [6.45, 7) is 4.43. The molecule has 4 aliphatic heterocycles. The number of piperazine rings is 1. The second-order valence-corrected chi connectivity index (χ2v) is 12.6. The van der Waals surface area contributed by atoms with E-state index in [1.54, 1.807) is 18.2 Å². The fraction of sp³-hybridized carbons (Fsp3) is 0.438. The molecular weight excluding hydrogens is 541 g/mol. The normalized spacial score (nSPS) is 23.5. The lowest BCUT2D eigenvalue weighted by Gasteiger charge is -2.37. The van der Waals surface area contributed by atoms with Gasteiger partial charge in [0.2, 0.25) is 0 Å². The maximum Gasteiger partial charge on any atom is 0.319 e. The van der Waals surface area contributed by atoms with Gasteiger partial charge in [0, 0.05) is 36.1 Å². The van der Waals surface area contributed by atoms with Crippen LogP contribution in [0.4, 0.5) is 10.2 Å². The first-order valence-corrected chi connectivity index (χ1v) is 15.2. The van der Waals surface area contributed by atoms with Crippen LogP contribution < -0.4 is 15.0 Å². The van der Waals surface area contributed by atoms with Crippen LogP contribution in [0.5, 0.6) is 11.8 Å². The van der Waals surface area contributed by atoms with Gasteiger partial charge in [0.05, 0.1) is 10.6 Å². The van der Waals surface area contributed by atoms with Crippen molar-refractivity contribution in [3.8, 4) is 22.9 Å². The maximum absolute atomic E-state index is 16.8. The number of fused-ring (bicyclic) bond motifs is 5. The molecule has 8 rings (SSSR count). The number of phenols is 1. The quantitative estimate of drug-likeness (QED) is 0.308. The summed E-state index contributed by atoms with van der Waals surface area (Å²) in [7, 11) is 0. The molecule has 2 unspecified atom stereocenters. The van der Waals surface area contributed by atoms with E-state index in [-0.39, 0.29) is 45.5 Å². The number of nitrogens with zero attached hydrogens (tertiary/aromatic N) is 4. The zero-order valence-electron chi connectivity index (χ0n) is 22.9. The van der Waals surface area contributed by atoms with Crippen molar-refractivity contribution in [2.24, 2.45) is 0 Å². The van der Waals surface area contributed by atoms with Crippen LogP contribution in [-0.2, 0) is 0 Å². The molecule has 4 aromatic rings. The second-order valence-electron chi connectivity index (χ2n) is 12.1. The molecule has 4 aliphatic rings. The predicted octanol–water partition coefficient (Wildman–Crippen LogP) is 5.90. The highest BCUT2D eigenvalue weighted by Crippen LogP contribution is 2.45. The van der Waals surface area contributed by atoms with Gasteiger partial charge in [-0.2, -0.15) is 9.97 Å². The third-order valence-electron chi connectivity index (χ3n) is 9.86. The third-order valence-corrected chi connectivity index (χ3v) is 10.2. The van der Waals surface area contributed by atoms with Crippen LogP contribution in [0.2, 0.25) is 5.02 Å². The number of phenolic OH excluding ortho intramolecular Hbond substituents is 1. The summed E-state index contributed by atoms with van der Waals surface area (Å²) in [6, 6.07) is 13.4. The van der Waals surface area contributed by atoms with Gasteiger partial charge in [-0.05, 0) is 86.1 Å². The number of halogens is 2. The lowest BCUT2D eigenvalue weighted by atomic mass is 9.95. The van der Waals surface area contributed by atoms with Crippen molar-refractivity contribution in [2.75, 3.05) is 37.7 Å². The molecule has 9 heteroatoms. The summed E-state index contributed by atoms with van der Waals surface area (Å²) in [5.41, 5.74) is 0.973. The maximum atomic E-state index is 16.8. The van der Waals surface area contributed by atoms with Crippen molar-refractivity contribution in [3.63, 3.8) is 0 Å². The van der Waals surface area contributed by atoms with Crippen LogP contribution in [0.25, 0.3) is 32.8 Å². The minimum Gasteiger partial charge on any atom is -0.508 e. The Kier molecular flexibility index (Phi) is 6.02. The van der Waals surface area contributed by atoms with E-state index < -0.39 is 5.82 Å². The van der Waals surface area contributed by atoms with E-state index in [4.69, 9.17) is 26.3 Å². The van der Waals surface area contributed by atoms with Crippen LogP contribution in [0, 0.1) is 5.82 Å². The topological polar surface area (TPSA) is 73.8 Å². The van der Waals surface area contributed by atoms with Crippen molar-refractivity contribution >= 4 is 39.1 Å². The molecule has 7 nitrogen and oxygen atoms in total. The predicted molar refractivity (Wildman–Crippen MR) is 160 cm³/mol. The number of rotatable bonds is 5. The first-order valence-electron chi connectivity index (χ1n) is 14.8. The van der Waals surface area contributed by atoms with Gasteiger partial charge in [-0.25, -0.2) is 4.39 Å². The van der Waals surface area contributed by atoms with Gasteiger partial charge in [-0.3, -0.25) is 4.90 Å². The molecule has 0 amide bonds. The summed E-state index contributed by atoms with van der Waals surface area (Å²) >= 11 is 6.90. The van der Waals surface area contributed by atoms with Crippen molar-refractivity contribution in [1.29, 1.82) is 0 Å². The second kappa shape index (κ2) is 9.68. The Balaban J connectivity index is 1.30. The number of benzene rings is 3. The number of hydrogen-bond donors (Lipinski definition) is 2. The molecule has 0 saturated carbocycles. The third kappa shape index (κ3) is 4.06. The van der Waals surface area contributed by atoms with Gasteiger partial charge in [0.25, 0.3) is 0 Å². The van der Waals surface area contributed by atoms with Gasteiger partial charge in [0.1, 0.15) is 23.7 Å². The minimum atomic E-state index is -0.527. The Labute approximate surface area is 243 Å². The lowest BCUT2D eigenvalue weighted by molar-refractivity contribution is 0.108. The van der Waals surface area contributed by atoms with E-state index in [9.17, 15) is 5.11 Å². The molecule has 0 spiro atoms. The summed E-state index contributed by atoms with van der Waals surface area (Å²) < 4.78 is 23.2. The van der Waals surface area contributed by atoms with Crippen LogP contribution >= 0.6 is 11.6 Å². The zero-order chi connectivity index (χ0) is 27.7. The summed E-state index contributed by atoms with van der Waals surface area (Å²) in [6.07, 6.45) is 6.67. The van der Waals surface area contributed by atoms with Gasteiger partial charge in [-0.1, -0.05) is 35.9 Å². The van der Waals surface area contributed by atoms with E-state index in [1.807, 2.05) is 24.3 Å². The van der Waals surface area contributed by atoms with Gasteiger partial charge >= 0.3 is 6.01 Å². The molecule has 2 N–H and O–H groups in total. The monoisotopic (exact) mass is 573 g/mol. The van der Waals surface area contributed by atoms with Crippen LogP contribution in [0.3, 0.4) is 0 Å². The van der Waals surface area contributed by atoms with Crippen molar-refractivity contribution in [3.05, 3.63) is 53.3 Å². The van der Waals surface area contributed by atoms with Crippen molar-refractivity contribution in [1.82, 2.24) is 20.2 Å². The molecule has 5 heterocycles. The van der Waals surface area contributed by atoms with Gasteiger partial charge in [0.15, 0.2) is 5.82 Å². The smallest absolute Gasteiger partial charge is 0.319 e. The van der Waals surface area contributed by atoms with E-state index in [1.165, 1.54) is 12.8 Å². The van der Waals surface area contributed by atoms with Crippen molar-refractivity contribution in [2.45, 2.75) is 56.1 Å². The number of nitrogens with one attached hydrogen (secondary N) is 1. The molecule has 3 aromatic carbocycles. The van der Waals surface area contributed by atoms with Gasteiger partial charge in [-0.15, -0.1) is 0 Å². The first-order chi connectivity index (χ1) is 20.0. The number of ether oxygens (including phenoxy) is 1. The Morgan fingerprint density at radius 3 is 2.56 bits per heavy atom. The molecule has 2 bridgehead atoms. The van der Waals surface area contributed by atoms with Crippen LogP contribution in [0.1, 0.15) is 38.5 Å². The average molecular weight is 574 g/mol. The average Bonchev–Trinajstić information content (AvgIpc) is 3.62. The SMILES string of the molecule is Oc1cc(-c2c(Cl)cc3c(N4C5CCC4CNC5)nc(OCC45CCCN4CCC5)nc3c2F)c2ccccc2c1. The Morgan fingerprint density at radius 2 is 1.78 bits per heavy atom.